The van der Waals surface area contributed by atoms with Gasteiger partial charge in [-0.25, -0.2) is 4.58 Å². The van der Waals surface area contributed by atoms with Crippen LogP contribution in [0.1, 0.15) is 98.7 Å². The van der Waals surface area contributed by atoms with Crippen LogP contribution in [-0.2, 0) is 58.8 Å². The van der Waals surface area contributed by atoms with Crippen molar-refractivity contribution in [2.24, 2.45) is 0 Å². The molecule has 2 aliphatic heterocycles. The van der Waals surface area contributed by atoms with Crippen LogP contribution in [-0.4, -0.2) is 69.1 Å². The van der Waals surface area contributed by atoms with Gasteiger partial charge in [-0.1, -0.05) is 62.2 Å². The third-order valence-electron chi connectivity index (χ3n) is 11.4. The Hall–Kier alpha value is -4.25. The molecule has 0 fully saturated rings. The largest absolute Gasteiger partial charge is 0.425 e. The van der Waals surface area contributed by atoms with Crippen molar-refractivity contribution in [1.29, 1.82) is 0 Å². The molecule has 2 N–H and O–H groups in total. The average Bonchev–Trinajstić information content (AvgIpc) is 3.13. The standard InChI is InChI=1S/C41H44Cl2N2O6S2.CO2.O3S/c1-6-16-44-17-8-9-26-18-30-32(20-36(26)44)41(4,5)33-21-37-29(19-31(33)38(30)39-34(42)10-7-11-35(39)43)27(24-52(46,47)48)22-40(2,3)45(37)23-25-12-14-28(15-13-25)53(49,50)51;2-1-3;1-4(2)3/h7,10-15,18-21,27H,6,8-9,16-17,22-24H2,1-5H3,(H-,46,47,48,49,50,51);;/p+1. The van der Waals surface area contributed by atoms with Crippen LogP contribution in [0.2, 0.25) is 10.0 Å². The molecule has 0 spiro atoms. The average molecular weight is 921 g/mol. The summed E-state index contributed by atoms with van der Waals surface area (Å²) in [6.07, 6.45) is 3.72. The summed E-state index contributed by atoms with van der Waals surface area (Å²) < 4.78 is 96.4. The first-order valence-electron chi connectivity index (χ1n) is 18.9. The van der Waals surface area contributed by atoms with Crippen LogP contribution in [0.3, 0.4) is 0 Å². The molecule has 0 bridgehead atoms. The topological polar surface area (TPSA) is 200 Å². The Kier molecular flexibility index (Phi) is 14.0. The van der Waals surface area contributed by atoms with Gasteiger partial charge in [0.1, 0.15) is 13.1 Å². The highest BCUT2D eigenvalue weighted by Gasteiger charge is 2.43. The molecule has 13 nitrogen and oxygen atoms in total. The summed E-state index contributed by atoms with van der Waals surface area (Å²) in [5, 5.41) is 3.32. The molecule has 0 saturated heterocycles. The second-order valence-corrected chi connectivity index (χ2v) is 20.3. The molecule has 60 heavy (non-hydrogen) atoms. The SMILES string of the molecule is CCC[N+]1=c2cc3c(cc2CCC1)=C(c1c(Cl)cccc1Cl)c1cc2c(cc1C3(C)C)N(Cc1ccc(S(=O)(=O)O)cc1)C(C)(C)CC2CS(=O)(=O)O.O=C=O.O=S(=O)=O. The second kappa shape index (κ2) is 18.0. The van der Waals surface area contributed by atoms with E-state index in [-0.39, 0.29) is 11.0 Å². The van der Waals surface area contributed by atoms with Crippen LogP contribution in [0.5, 0.6) is 0 Å². The maximum absolute atomic E-state index is 12.6. The fourth-order valence-electron chi connectivity index (χ4n) is 8.92. The fraction of sp³-hybridized carbons (Fsp3) is 0.381. The Morgan fingerprint density at radius 3 is 2.05 bits per heavy atom. The van der Waals surface area contributed by atoms with Crippen molar-refractivity contribution in [2.75, 3.05) is 23.7 Å². The van der Waals surface area contributed by atoms with Gasteiger partial charge in [0, 0.05) is 69.2 Å². The van der Waals surface area contributed by atoms with Gasteiger partial charge in [-0.3, -0.25) is 9.11 Å². The van der Waals surface area contributed by atoms with Crippen molar-refractivity contribution in [3.8, 4) is 0 Å². The summed E-state index contributed by atoms with van der Waals surface area (Å²) in [7, 11) is -11.8. The van der Waals surface area contributed by atoms with Crippen molar-refractivity contribution in [3.63, 3.8) is 0 Å². The monoisotopic (exact) mass is 919 g/mol. The van der Waals surface area contributed by atoms with Crippen LogP contribution in [0.25, 0.3) is 5.57 Å². The van der Waals surface area contributed by atoms with E-state index < -0.39 is 53.5 Å². The van der Waals surface area contributed by atoms with E-state index >= 15 is 0 Å². The maximum atomic E-state index is 12.6. The number of fused-ring (bicyclic) bond motifs is 4. The van der Waals surface area contributed by atoms with Crippen LogP contribution >= 0.6 is 23.2 Å². The van der Waals surface area contributed by atoms with Gasteiger partial charge in [-0.15, -0.1) is 12.6 Å². The summed E-state index contributed by atoms with van der Waals surface area (Å²) in [6, 6.07) is 20.6. The number of halogens is 2. The molecule has 4 aromatic carbocycles. The summed E-state index contributed by atoms with van der Waals surface area (Å²) in [5.74, 6) is -0.973. The number of hydrogen-bond donors (Lipinski definition) is 2. The molecule has 320 valence electrons. The first-order valence-corrected chi connectivity index (χ1v) is 23.7. The van der Waals surface area contributed by atoms with Crippen LogP contribution in [0.15, 0.2) is 71.6 Å². The number of rotatable bonds is 8. The van der Waals surface area contributed by atoms with Gasteiger partial charge in [0.05, 0.1) is 10.6 Å². The molecule has 0 radical (unpaired) electrons. The second-order valence-electron chi connectivity index (χ2n) is 16.1. The molecule has 2 heterocycles. The normalized spacial score (nSPS) is 17.3. The van der Waals surface area contributed by atoms with E-state index in [1.165, 1.54) is 23.1 Å². The van der Waals surface area contributed by atoms with Crippen molar-refractivity contribution in [1.82, 2.24) is 4.58 Å². The zero-order chi connectivity index (χ0) is 44.5. The molecule has 1 atom stereocenters. The summed E-state index contributed by atoms with van der Waals surface area (Å²) in [5.41, 5.74) is 7.31. The van der Waals surface area contributed by atoms with Crippen molar-refractivity contribution < 1.29 is 48.2 Å². The Labute approximate surface area is 360 Å². The van der Waals surface area contributed by atoms with E-state index in [2.05, 4.69) is 68.4 Å². The molecule has 0 amide bonds. The highest BCUT2D eigenvalue weighted by molar-refractivity contribution is 7.86. The molecular weight excluding hydrogens is 876 g/mol. The first-order chi connectivity index (χ1) is 27.9. The number of carbonyl (C=O) groups excluding carboxylic acids is 2. The highest BCUT2D eigenvalue weighted by atomic mass is 35.5. The van der Waals surface area contributed by atoms with Gasteiger partial charge in [0.15, 0.2) is 0 Å². The molecule has 1 aliphatic carbocycles. The Bertz CT molecular complexity index is 2830. The minimum atomic E-state index is -4.36. The van der Waals surface area contributed by atoms with Crippen molar-refractivity contribution >= 4 is 71.5 Å². The Morgan fingerprint density at radius 1 is 0.900 bits per heavy atom. The number of nitrogens with zero attached hydrogens (tertiary/aromatic N) is 2. The summed E-state index contributed by atoms with van der Waals surface area (Å²) in [6.45, 7) is 13.1. The zero-order valence-electron chi connectivity index (χ0n) is 33.5. The van der Waals surface area contributed by atoms with Crippen molar-refractivity contribution in [2.45, 2.75) is 88.6 Å². The third-order valence-corrected chi connectivity index (χ3v) is 13.7. The van der Waals surface area contributed by atoms with Gasteiger partial charge < -0.3 is 4.90 Å². The summed E-state index contributed by atoms with van der Waals surface area (Å²) in [4.78, 5) is 18.3. The van der Waals surface area contributed by atoms with E-state index in [1.807, 2.05) is 18.2 Å². The Morgan fingerprint density at radius 2 is 1.50 bits per heavy atom. The number of aryl methyl sites for hydroxylation is 1. The van der Waals surface area contributed by atoms with Crippen LogP contribution < -0.4 is 20.1 Å². The fourth-order valence-corrected chi connectivity index (χ4v) is 10.8. The lowest BCUT2D eigenvalue weighted by molar-refractivity contribution is -0.191. The molecule has 0 aromatic heterocycles. The lowest BCUT2D eigenvalue weighted by atomic mass is 9.66. The van der Waals surface area contributed by atoms with E-state index in [0.29, 0.717) is 28.6 Å². The molecule has 4 aromatic rings. The molecular formula is C42H45Cl2N2O11S3+. The first kappa shape index (κ1) is 46.8. The van der Waals surface area contributed by atoms with Gasteiger partial charge >= 0.3 is 16.8 Å². The molecule has 1 unspecified atom stereocenters. The quantitative estimate of drug-likeness (QED) is 0.165. The molecule has 18 heteroatoms. The van der Waals surface area contributed by atoms with Gasteiger partial charge in [-0.05, 0) is 108 Å². The van der Waals surface area contributed by atoms with Crippen LogP contribution in [0.4, 0.5) is 5.69 Å². The smallest absolute Gasteiger partial charge is 0.362 e. The summed E-state index contributed by atoms with van der Waals surface area (Å²) >= 11 is 14.1. The molecule has 7 rings (SSSR count). The van der Waals surface area contributed by atoms with Crippen molar-refractivity contribution in [3.05, 3.63) is 126 Å². The van der Waals surface area contributed by atoms with Gasteiger partial charge in [0.25, 0.3) is 20.2 Å². The minimum Gasteiger partial charge on any atom is -0.362 e. The van der Waals surface area contributed by atoms with E-state index in [1.54, 1.807) is 12.1 Å². The maximum Gasteiger partial charge on any atom is 0.425 e. The predicted molar refractivity (Wildman–Crippen MR) is 227 cm³/mol. The van der Waals surface area contributed by atoms with Gasteiger partial charge in [0.2, 0.25) is 5.36 Å². The zero-order valence-corrected chi connectivity index (χ0v) is 37.5. The third kappa shape index (κ3) is 9.93. The van der Waals surface area contributed by atoms with Gasteiger partial charge in [-0.2, -0.15) is 26.4 Å². The number of anilines is 1. The lowest BCUT2D eigenvalue weighted by Crippen LogP contribution is -2.49. The Balaban J connectivity index is 0.000000909. The number of benzene rings is 4. The van der Waals surface area contributed by atoms with E-state index in [9.17, 15) is 25.9 Å². The number of hydrogen-bond acceptors (Lipinski definition) is 10. The predicted octanol–water partition coefficient (Wildman–Crippen LogP) is 5.55. The van der Waals surface area contributed by atoms with Crippen LogP contribution in [0, 0.1) is 0 Å². The minimum absolute atomic E-state index is 0.191. The van der Waals surface area contributed by atoms with E-state index in [0.717, 1.165) is 76.6 Å². The molecule has 3 aliphatic rings. The lowest BCUT2D eigenvalue weighted by Gasteiger charge is -2.49. The van der Waals surface area contributed by atoms with E-state index in [4.69, 9.17) is 45.4 Å². The molecule has 0 saturated carbocycles. The highest BCUT2D eigenvalue weighted by Crippen LogP contribution is 2.51.